The molecule has 3 aromatic rings. The monoisotopic (exact) mass is 581 g/mol. The van der Waals surface area contributed by atoms with Crippen molar-refractivity contribution in [1.82, 2.24) is 15.0 Å². The van der Waals surface area contributed by atoms with Gasteiger partial charge in [0.25, 0.3) is 0 Å². The maximum absolute atomic E-state index is 12.1. The Labute approximate surface area is 244 Å². The van der Waals surface area contributed by atoms with Crippen LogP contribution in [0, 0.1) is 37.5 Å². The van der Waals surface area contributed by atoms with E-state index in [1.807, 2.05) is 39.1 Å². The fraction of sp³-hybridized carbons (Fsp3) is 0.645. The molecule has 5 aliphatic rings. The van der Waals surface area contributed by atoms with E-state index in [1.54, 1.807) is 4.68 Å². The molecule has 0 unspecified atom stereocenters. The number of hydrogen-bond acceptors (Lipinski definition) is 10. The second kappa shape index (κ2) is 10.4. The van der Waals surface area contributed by atoms with Gasteiger partial charge in [0.15, 0.2) is 24.9 Å². The van der Waals surface area contributed by atoms with Gasteiger partial charge in [-0.3, -0.25) is 0 Å². The first-order valence-corrected chi connectivity index (χ1v) is 15.0. The Kier molecular flexibility index (Phi) is 6.93. The first-order valence-electron chi connectivity index (χ1n) is 15.0. The quantitative estimate of drug-likeness (QED) is 0.284. The standard InChI is InChI=1S/C31H39N3O8/c1-17-12-19(3)27-24(14-26(35)38-25(27)13-17)37-16-34-15-21(32-33-34)9-11-36-28-20(4)23-7-6-18(2)22-8-10-30(5)40-29(39-28)31(22,23)42-41-30/h12-15,18,20,22-23,28-29H,6-11,16H2,1-5H3/t18-,20-,22+,23+,28+,29-,30-,31-/m1/s1. The van der Waals surface area contributed by atoms with Gasteiger partial charge < -0.3 is 23.4 Å². The molecule has 8 rings (SSSR count). The fourth-order valence-corrected chi connectivity index (χ4v) is 7.75. The highest BCUT2D eigenvalue weighted by molar-refractivity contribution is 5.87. The maximum atomic E-state index is 12.1. The minimum absolute atomic E-state index is 0.103. The summed E-state index contributed by atoms with van der Waals surface area (Å²) >= 11 is 0. The van der Waals surface area contributed by atoms with Crippen molar-refractivity contribution in [3.63, 3.8) is 0 Å². The summed E-state index contributed by atoms with van der Waals surface area (Å²) in [6.07, 6.45) is 5.38. The molecule has 4 aliphatic heterocycles. The molecule has 6 heterocycles. The lowest BCUT2D eigenvalue weighted by Crippen LogP contribution is -2.70. The summed E-state index contributed by atoms with van der Waals surface area (Å²) in [6, 6.07) is 5.23. The van der Waals surface area contributed by atoms with Crippen LogP contribution in [0.3, 0.4) is 0 Å². The highest BCUT2D eigenvalue weighted by Crippen LogP contribution is 2.60. The minimum atomic E-state index is -0.809. The van der Waals surface area contributed by atoms with Gasteiger partial charge >= 0.3 is 5.63 Å². The van der Waals surface area contributed by atoms with Crippen LogP contribution in [0.2, 0.25) is 0 Å². The van der Waals surface area contributed by atoms with Gasteiger partial charge in [-0.15, -0.1) is 5.10 Å². The van der Waals surface area contributed by atoms with Gasteiger partial charge in [0.05, 0.1) is 30.0 Å². The van der Waals surface area contributed by atoms with E-state index in [1.165, 1.54) is 6.07 Å². The molecule has 0 amide bonds. The van der Waals surface area contributed by atoms with Crippen LogP contribution in [0.5, 0.6) is 5.75 Å². The van der Waals surface area contributed by atoms with E-state index in [-0.39, 0.29) is 18.6 Å². The van der Waals surface area contributed by atoms with Gasteiger partial charge in [-0.1, -0.05) is 25.1 Å². The second-order valence-electron chi connectivity index (χ2n) is 12.8. The van der Waals surface area contributed by atoms with E-state index in [4.69, 9.17) is 33.1 Å². The van der Waals surface area contributed by atoms with E-state index in [2.05, 4.69) is 24.2 Å². The lowest BCUT2D eigenvalue weighted by atomic mass is 9.58. The van der Waals surface area contributed by atoms with Crippen LogP contribution < -0.4 is 10.4 Å². The molecule has 8 atom stereocenters. The molecular weight excluding hydrogens is 542 g/mol. The summed E-state index contributed by atoms with van der Waals surface area (Å²) in [5.74, 6) is 0.812. The molecule has 2 aromatic heterocycles. The summed E-state index contributed by atoms with van der Waals surface area (Å²) < 4.78 is 32.2. The van der Waals surface area contributed by atoms with Crippen molar-refractivity contribution >= 4 is 11.0 Å². The van der Waals surface area contributed by atoms with Crippen LogP contribution in [0.4, 0.5) is 0 Å². The van der Waals surface area contributed by atoms with Crippen LogP contribution in [0.15, 0.2) is 33.6 Å². The number of benzene rings is 1. The normalized spacial score (nSPS) is 35.6. The lowest BCUT2D eigenvalue weighted by Gasteiger charge is -2.60. The smallest absolute Gasteiger partial charge is 0.339 e. The molecule has 0 radical (unpaired) electrons. The third-order valence-corrected chi connectivity index (χ3v) is 9.83. The Morgan fingerprint density at radius 2 is 1.95 bits per heavy atom. The molecule has 0 N–H and O–H groups in total. The van der Waals surface area contributed by atoms with Crippen molar-refractivity contribution in [3.05, 3.63) is 51.6 Å². The summed E-state index contributed by atoms with van der Waals surface area (Å²) in [5.41, 5.74) is 2.20. The summed E-state index contributed by atoms with van der Waals surface area (Å²) in [5, 5.41) is 9.26. The molecule has 226 valence electrons. The summed E-state index contributed by atoms with van der Waals surface area (Å²) in [6.45, 7) is 10.9. The maximum Gasteiger partial charge on any atom is 0.339 e. The molecule has 4 saturated heterocycles. The lowest BCUT2D eigenvalue weighted by molar-refractivity contribution is -0.577. The first kappa shape index (κ1) is 28.0. The fourth-order valence-electron chi connectivity index (χ4n) is 7.75. The summed E-state index contributed by atoms with van der Waals surface area (Å²) in [4.78, 5) is 24.2. The Balaban J connectivity index is 0.992. The molecule has 1 aliphatic carbocycles. The van der Waals surface area contributed by atoms with E-state index in [0.717, 1.165) is 47.9 Å². The highest BCUT2D eigenvalue weighted by Gasteiger charge is 2.69. The number of aryl methyl sites for hydroxylation is 2. The largest absolute Gasteiger partial charge is 0.470 e. The van der Waals surface area contributed by atoms with E-state index >= 15 is 0 Å². The average Bonchev–Trinajstić information content (AvgIpc) is 3.27. The number of nitrogens with zero attached hydrogens (tertiary/aromatic N) is 3. The zero-order valence-corrected chi connectivity index (χ0v) is 24.8. The third-order valence-electron chi connectivity index (χ3n) is 9.83. The van der Waals surface area contributed by atoms with Gasteiger partial charge in [-0.2, -0.15) is 0 Å². The van der Waals surface area contributed by atoms with Crippen LogP contribution in [-0.4, -0.2) is 45.6 Å². The van der Waals surface area contributed by atoms with Crippen LogP contribution in [0.1, 0.15) is 63.3 Å². The van der Waals surface area contributed by atoms with Crippen LogP contribution >= 0.6 is 0 Å². The molecule has 2 bridgehead atoms. The van der Waals surface area contributed by atoms with Gasteiger partial charge in [-0.05, 0) is 69.1 Å². The van der Waals surface area contributed by atoms with Gasteiger partial charge in [0.2, 0.25) is 5.79 Å². The third kappa shape index (κ3) is 4.66. The van der Waals surface area contributed by atoms with Crippen LogP contribution in [0.25, 0.3) is 11.0 Å². The Hall–Kier alpha value is -2.83. The van der Waals surface area contributed by atoms with Crippen molar-refractivity contribution in [3.8, 4) is 5.75 Å². The van der Waals surface area contributed by atoms with Crippen LogP contribution in [-0.2, 0) is 37.1 Å². The van der Waals surface area contributed by atoms with Crippen molar-refractivity contribution in [2.75, 3.05) is 6.61 Å². The molecule has 1 spiro atoms. The topological polar surface area (TPSA) is 116 Å². The Morgan fingerprint density at radius 3 is 2.81 bits per heavy atom. The van der Waals surface area contributed by atoms with E-state index in [0.29, 0.717) is 36.2 Å². The molecule has 5 fully saturated rings. The predicted molar refractivity (Wildman–Crippen MR) is 149 cm³/mol. The van der Waals surface area contributed by atoms with Crippen molar-refractivity contribution in [2.24, 2.45) is 23.7 Å². The van der Waals surface area contributed by atoms with Gasteiger partial charge in [0.1, 0.15) is 11.3 Å². The van der Waals surface area contributed by atoms with Gasteiger partial charge in [0, 0.05) is 24.7 Å². The number of fused-ring (bicyclic) bond motifs is 3. The van der Waals surface area contributed by atoms with Crippen molar-refractivity contribution in [2.45, 2.75) is 97.4 Å². The van der Waals surface area contributed by atoms with E-state index in [9.17, 15) is 4.79 Å². The number of hydrogen-bond donors (Lipinski definition) is 0. The first-order chi connectivity index (χ1) is 20.1. The minimum Gasteiger partial charge on any atom is -0.470 e. The molecule has 42 heavy (non-hydrogen) atoms. The predicted octanol–water partition coefficient (Wildman–Crippen LogP) is 4.80. The Bertz CT molecular complexity index is 1540. The molecule has 11 nitrogen and oxygen atoms in total. The molecule has 1 saturated carbocycles. The molecule has 1 aromatic carbocycles. The molecule has 11 heteroatoms. The van der Waals surface area contributed by atoms with Gasteiger partial charge in [-0.25, -0.2) is 19.3 Å². The number of ether oxygens (including phenoxy) is 4. The Morgan fingerprint density at radius 1 is 1.10 bits per heavy atom. The van der Waals surface area contributed by atoms with Crippen molar-refractivity contribution < 1.29 is 33.1 Å². The zero-order chi connectivity index (χ0) is 29.2. The van der Waals surface area contributed by atoms with Crippen molar-refractivity contribution in [1.29, 1.82) is 0 Å². The second-order valence-corrected chi connectivity index (χ2v) is 12.8. The summed E-state index contributed by atoms with van der Waals surface area (Å²) in [7, 11) is 0. The zero-order valence-electron chi connectivity index (χ0n) is 24.8. The van der Waals surface area contributed by atoms with E-state index < -0.39 is 29.6 Å². The molecular formula is C31H39N3O8. The average molecular weight is 582 g/mol. The number of aromatic nitrogens is 3. The SMILES string of the molecule is Cc1cc(C)c2c(OCn3cc(CCO[C@H]4O[C@@H]5O[C@@]6(C)CC[C@H]7[C@H](C)CC[C@@H]([C@H]4C)[C@@]57OO6)nn3)cc(=O)oc2c1. The highest BCUT2D eigenvalue weighted by atomic mass is 17.3. The number of rotatable bonds is 7.